The van der Waals surface area contributed by atoms with Crippen LogP contribution in [-0.4, -0.2) is 10.9 Å². The second-order valence-electron chi connectivity index (χ2n) is 5.13. The van der Waals surface area contributed by atoms with Gasteiger partial charge in [0.05, 0.1) is 0 Å². The zero-order valence-corrected chi connectivity index (χ0v) is 12.0. The third-order valence-corrected chi connectivity index (χ3v) is 3.63. The van der Waals surface area contributed by atoms with Gasteiger partial charge < -0.3 is 10.3 Å². The van der Waals surface area contributed by atoms with Crippen LogP contribution in [0.2, 0.25) is 0 Å². The van der Waals surface area contributed by atoms with Crippen molar-refractivity contribution in [3.05, 3.63) is 71.4 Å². The van der Waals surface area contributed by atoms with Crippen LogP contribution in [0.5, 0.6) is 0 Å². The van der Waals surface area contributed by atoms with Gasteiger partial charge in [0.15, 0.2) is 0 Å². The van der Waals surface area contributed by atoms with Gasteiger partial charge >= 0.3 is 0 Å². The highest BCUT2D eigenvalue weighted by Crippen LogP contribution is 2.17. The molecule has 0 aliphatic rings. The number of aromatic amines is 1. The fraction of sp³-hybridized carbons (Fsp3) is 0.167. The zero-order chi connectivity index (χ0) is 14.7. The van der Waals surface area contributed by atoms with Crippen LogP contribution in [0.1, 0.15) is 28.5 Å². The topological polar surface area (TPSA) is 44.9 Å². The van der Waals surface area contributed by atoms with Crippen molar-refractivity contribution in [3.8, 4) is 0 Å². The Bertz CT molecular complexity index is 759. The Hall–Kier alpha value is -2.55. The summed E-state index contributed by atoms with van der Waals surface area (Å²) in [5.74, 6) is -0.0758. The predicted molar refractivity (Wildman–Crippen MR) is 85.3 cm³/mol. The molecule has 3 rings (SSSR count). The summed E-state index contributed by atoms with van der Waals surface area (Å²) in [5, 5.41) is 4.02. The molecule has 3 aromatic rings. The molecule has 2 aromatic carbocycles. The monoisotopic (exact) mass is 278 g/mol. The van der Waals surface area contributed by atoms with Crippen molar-refractivity contribution < 1.29 is 4.79 Å². The minimum absolute atomic E-state index is 0.0758. The first-order valence-electron chi connectivity index (χ1n) is 7.20. The highest BCUT2D eigenvalue weighted by molar-refractivity contribution is 5.98. The Morgan fingerprint density at radius 1 is 1.05 bits per heavy atom. The van der Waals surface area contributed by atoms with E-state index in [-0.39, 0.29) is 5.91 Å². The van der Waals surface area contributed by atoms with Crippen molar-refractivity contribution >= 4 is 16.8 Å². The van der Waals surface area contributed by atoms with Crippen molar-refractivity contribution in [2.75, 3.05) is 0 Å². The van der Waals surface area contributed by atoms with Crippen LogP contribution in [-0.2, 0) is 13.0 Å². The number of carbonyl (C=O) groups excluding carboxylic acids is 1. The van der Waals surface area contributed by atoms with Gasteiger partial charge in [0, 0.05) is 17.4 Å². The normalized spacial score (nSPS) is 10.7. The quantitative estimate of drug-likeness (QED) is 0.751. The highest BCUT2D eigenvalue weighted by Gasteiger charge is 2.09. The average Bonchev–Trinajstić information content (AvgIpc) is 2.96. The van der Waals surface area contributed by atoms with Crippen LogP contribution in [0.4, 0.5) is 0 Å². The van der Waals surface area contributed by atoms with Crippen LogP contribution in [0.25, 0.3) is 10.9 Å². The minimum atomic E-state index is -0.0758. The van der Waals surface area contributed by atoms with Gasteiger partial charge in [-0.25, -0.2) is 0 Å². The fourth-order valence-corrected chi connectivity index (χ4v) is 2.40. The first-order valence-corrected chi connectivity index (χ1v) is 7.20. The first kappa shape index (κ1) is 13.4. The van der Waals surface area contributed by atoms with E-state index >= 15 is 0 Å². The molecule has 0 aliphatic heterocycles. The average molecular weight is 278 g/mol. The molecule has 0 radical (unpaired) electrons. The summed E-state index contributed by atoms with van der Waals surface area (Å²) in [4.78, 5) is 15.4. The van der Waals surface area contributed by atoms with Crippen LogP contribution in [0.15, 0.2) is 54.6 Å². The molecule has 21 heavy (non-hydrogen) atoms. The summed E-state index contributed by atoms with van der Waals surface area (Å²) in [6, 6.07) is 18.1. The largest absolute Gasteiger partial charge is 0.351 e. The summed E-state index contributed by atoms with van der Waals surface area (Å²) >= 11 is 0. The van der Waals surface area contributed by atoms with Crippen molar-refractivity contribution in [1.29, 1.82) is 0 Å². The van der Waals surface area contributed by atoms with Gasteiger partial charge in [0.25, 0.3) is 5.91 Å². The number of nitrogens with one attached hydrogen (secondary N) is 2. The lowest BCUT2D eigenvalue weighted by atomic mass is 10.1. The molecule has 1 heterocycles. The summed E-state index contributed by atoms with van der Waals surface area (Å²) in [7, 11) is 0. The van der Waals surface area contributed by atoms with Crippen LogP contribution in [0, 0.1) is 0 Å². The Morgan fingerprint density at radius 2 is 1.86 bits per heavy atom. The number of benzene rings is 2. The number of carbonyl (C=O) groups is 1. The molecular weight excluding hydrogens is 260 g/mol. The van der Waals surface area contributed by atoms with Crippen LogP contribution < -0.4 is 5.32 Å². The van der Waals surface area contributed by atoms with E-state index in [4.69, 9.17) is 0 Å². The molecule has 1 aromatic heterocycles. The van der Waals surface area contributed by atoms with Crippen molar-refractivity contribution in [3.63, 3.8) is 0 Å². The van der Waals surface area contributed by atoms with E-state index in [1.807, 2.05) is 42.5 Å². The molecule has 0 bridgehead atoms. The molecular formula is C18H18N2O. The molecule has 106 valence electrons. The molecule has 0 aliphatic carbocycles. The van der Waals surface area contributed by atoms with E-state index in [0.29, 0.717) is 12.2 Å². The fourth-order valence-electron chi connectivity index (χ4n) is 2.40. The van der Waals surface area contributed by atoms with E-state index in [1.165, 1.54) is 5.56 Å². The number of amides is 1. The molecule has 0 atom stereocenters. The van der Waals surface area contributed by atoms with Crippen molar-refractivity contribution in [2.24, 2.45) is 0 Å². The van der Waals surface area contributed by atoms with Crippen LogP contribution in [0.3, 0.4) is 0 Å². The van der Waals surface area contributed by atoms with Gasteiger partial charge in [-0.05, 0) is 35.7 Å². The number of aryl methyl sites for hydroxylation is 1. The van der Waals surface area contributed by atoms with Crippen LogP contribution >= 0.6 is 0 Å². The summed E-state index contributed by atoms with van der Waals surface area (Å²) < 4.78 is 0. The van der Waals surface area contributed by atoms with Gasteiger partial charge in [-0.3, -0.25) is 4.79 Å². The summed E-state index contributed by atoms with van der Waals surface area (Å²) in [5.41, 5.74) is 3.97. The predicted octanol–water partition coefficient (Wildman–Crippen LogP) is 3.66. The maximum absolute atomic E-state index is 12.2. The highest BCUT2D eigenvalue weighted by atomic mass is 16.1. The van der Waals surface area contributed by atoms with Gasteiger partial charge in [0.1, 0.15) is 5.69 Å². The van der Waals surface area contributed by atoms with Crippen molar-refractivity contribution in [1.82, 2.24) is 10.3 Å². The third kappa shape index (κ3) is 2.97. The molecule has 0 spiro atoms. The number of H-pyrrole nitrogens is 1. The second-order valence-corrected chi connectivity index (χ2v) is 5.13. The number of hydrogen-bond donors (Lipinski definition) is 2. The number of aromatic nitrogens is 1. The molecule has 0 unspecified atom stereocenters. The first-order chi connectivity index (χ1) is 10.3. The maximum Gasteiger partial charge on any atom is 0.267 e. The Morgan fingerprint density at radius 3 is 2.62 bits per heavy atom. The Kier molecular flexibility index (Phi) is 3.73. The molecule has 0 saturated carbocycles. The smallest absolute Gasteiger partial charge is 0.267 e. The van der Waals surface area contributed by atoms with E-state index in [0.717, 1.165) is 22.9 Å². The maximum atomic E-state index is 12.2. The Labute approximate surface area is 124 Å². The SMILES string of the molecule is CCc1ccc2[nH]c(C(=O)NCc3ccccc3)cc2c1. The van der Waals surface area contributed by atoms with Crippen molar-refractivity contribution in [2.45, 2.75) is 19.9 Å². The zero-order valence-electron chi connectivity index (χ0n) is 12.0. The van der Waals surface area contributed by atoms with Gasteiger partial charge in [-0.1, -0.05) is 43.3 Å². The minimum Gasteiger partial charge on any atom is -0.351 e. The van der Waals surface area contributed by atoms with E-state index in [9.17, 15) is 4.79 Å². The lowest BCUT2D eigenvalue weighted by Gasteiger charge is -2.03. The second kappa shape index (κ2) is 5.83. The van der Waals surface area contributed by atoms with E-state index in [2.05, 4.69) is 29.4 Å². The molecule has 0 saturated heterocycles. The molecule has 1 amide bonds. The third-order valence-electron chi connectivity index (χ3n) is 3.63. The molecule has 0 fully saturated rings. The van der Waals surface area contributed by atoms with E-state index < -0.39 is 0 Å². The molecule has 3 nitrogen and oxygen atoms in total. The number of hydrogen-bond acceptors (Lipinski definition) is 1. The van der Waals surface area contributed by atoms with Gasteiger partial charge in [-0.2, -0.15) is 0 Å². The lowest BCUT2D eigenvalue weighted by molar-refractivity contribution is 0.0947. The summed E-state index contributed by atoms with van der Waals surface area (Å²) in [6.07, 6.45) is 0.997. The number of fused-ring (bicyclic) bond motifs is 1. The van der Waals surface area contributed by atoms with Gasteiger partial charge in [0.2, 0.25) is 0 Å². The molecule has 3 heteroatoms. The summed E-state index contributed by atoms with van der Waals surface area (Å²) in [6.45, 7) is 2.66. The Balaban J connectivity index is 1.75. The van der Waals surface area contributed by atoms with Gasteiger partial charge in [-0.15, -0.1) is 0 Å². The lowest BCUT2D eigenvalue weighted by Crippen LogP contribution is -2.22. The standard InChI is InChI=1S/C18H18N2O/c1-2-13-8-9-16-15(10-13)11-17(20-16)18(21)19-12-14-6-4-3-5-7-14/h3-11,20H,2,12H2,1H3,(H,19,21). The molecule has 2 N–H and O–H groups in total. The number of rotatable bonds is 4. The van der Waals surface area contributed by atoms with E-state index in [1.54, 1.807) is 0 Å².